The molecule has 3 fully saturated rings. The van der Waals surface area contributed by atoms with E-state index in [1.165, 1.54) is 0 Å². The molecule has 0 saturated heterocycles. The number of hydrogen-bond donors (Lipinski definition) is 2. The second kappa shape index (κ2) is 8.07. The van der Waals surface area contributed by atoms with Gasteiger partial charge in [-0.15, -0.1) is 0 Å². The number of amides is 2. The largest absolute Gasteiger partial charge is 0.484 e. The topological polar surface area (TPSA) is 76.7 Å². The number of carbonyl (C=O) groups is 2. The molecule has 27 heavy (non-hydrogen) atoms. The summed E-state index contributed by atoms with van der Waals surface area (Å²) in [5.41, 5.74) is -0.358. The molecule has 2 bridgehead atoms. The highest BCUT2D eigenvalue weighted by Crippen LogP contribution is 2.60. The molecule has 3 saturated carbocycles. The van der Waals surface area contributed by atoms with E-state index >= 15 is 0 Å². The highest BCUT2D eigenvalue weighted by Gasteiger charge is 2.69. The zero-order chi connectivity index (χ0) is 19.5. The molecule has 3 aliphatic carbocycles. The smallest absolute Gasteiger partial charge is 0.258 e. The van der Waals surface area contributed by atoms with Gasteiger partial charge in [0.2, 0.25) is 5.91 Å². The van der Waals surface area contributed by atoms with Crippen LogP contribution < -0.4 is 15.4 Å². The Labute approximate surface area is 164 Å². The van der Waals surface area contributed by atoms with Crippen LogP contribution in [0.25, 0.3) is 0 Å². The second-order valence-corrected chi connectivity index (χ2v) is 8.28. The van der Waals surface area contributed by atoms with Crippen molar-refractivity contribution >= 4 is 23.4 Å². The molecule has 6 nitrogen and oxygen atoms in total. The van der Waals surface area contributed by atoms with Gasteiger partial charge in [-0.3, -0.25) is 9.59 Å². The maximum absolute atomic E-state index is 12.1. The Bertz CT molecular complexity index is 672. The third-order valence-corrected chi connectivity index (χ3v) is 5.47. The standard InChI is InChI=1S/C20H27ClN2O4/c1-3-4-14(2)26-9-17(24)22-19-11-20(12-19,13-19)23-18(25)10-27-16-7-5-15(21)6-8-16/h5-8,14H,3-4,9-13H2,1-2H3,(H,22,24)(H,23,25). The Morgan fingerprint density at radius 1 is 1.07 bits per heavy atom. The summed E-state index contributed by atoms with van der Waals surface area (Å²) in [4.78, 5) is 24.2. The molecule has 0 aliphatic heterocycles. The molecular weight excluding hydrogens is 368 g/mol. The number of nitrogens with one attached hydrogen (secondary N) is 2. The average molecular weight is 395 g/mol. The minimum absolute atomic E-state index is 0.0358. The molecule has 1 unspecified atom stereocenters. The Kier molecular flexibility index (Phi) is 5.96. The summed E-state index contributed by atoms with van der Waals surface area (Å²) in [5, 5.41) is 6.71. The summed E-state index contributed by atoms with van der Waals surface area (Å²) >= 11 is 5.82. The first-order chi connectivity index (χ1) is 12.8. The van der Waals surface area contributed by atoms with Crippen molar-refractivity contribution in [3.63, 3.8) is 0 Å². The van der Waals surface area contributed by atoms with Crippen molar-refractivity contribution < 1.29 is 19.1 Å². The van der Waals surface area contributed by atoms with Gasteiger partial charge in [0.05, 0.1) is 6.10 Å². The van der Waals surface area contributed by atoms with Gasteiger partial charge in [-0.2, -0.15) is 0 Å². The van der Waals surface area contributed by atoms with Crippen LogP contribution in [0.15, 0.2) is 24.3 Å². The lowest BCUT2D eigenvalue weighted by Gasteiger charge is -2.70. The molecule has 1 aromatic carbocycles. The minimum atomic E-state index is -0.190. The van der Waals surface area contributed by atoms with Crippen LogP contribution in [-0.4, -0.2) is 42.2 Å². The molecule has 2 amide bonds. The van der Waals surface area contributed by atoms with Crippen molar-refractivity contribution in [2.24, 2.45) is 0 Å². The van der Waals surface area contributed by atoms with Crippen LogP contribution in [0.1, 0.15) is 46.0 Å². The molecule has 0 heterocycles. The molecule has 7 heteroatoms. The van der Waals surface area contributed by atoms with Gasteiger partial charge in [-0.05, 0) is 56.9 Å². The first-order valence-electron chi connectivity index (χ1n) is 9.46. The number of hydrogen-bond acceptors (Lipinski definition) is 4. The van der Waals surface area contributed by atoms with Gasteiger partial charge in [0.1, 0.15) is 12.4 Å². The Morgan fingerprint density at radius 3 is 2.19 bits per heavy atom. The van der Waals surface area contributed by atoms with Gasteiger partial charge < -0.3 is 20.1 Å². The van der Waals surface area contributed by atoms with Gasteiger partial charge in [0.15, 0.2) is 6.61 Å². The van der Waals surface area contributed by atoms with E-state index in [4.69, 9.17) is 21.1 Å². The fourth-order valence-electron chi connectivity index (χ4n) is 4.10. The van der Waals surface area contributed by atoms with E-state index in [0.717, 1.165) is 32.1 Å². The van der Waals surface area contributed by atoms with E-state index in [1.807, 2.05) is 6.92 Å². The summed E-state index contributed by atoms with van der Waals surface area (Å²) in [6.45, 7) is 4.13. The van der Waals surface area contributed by atoms with E-state index in [1.54, 1.807) is 24.3 Å². The maximum Gasteiger partial charge on any atom is 0.258 e. The molecule has 0 spiro atoms. The van der Waals surface area contributed by atoms with Crippen LogP contribution in [-0.2, 0) is 14.3 Å². The normalized spacial score (nSPS) is 26.3. The summed E-state index contributed by atoms with van der Waals surface area (Å²) < 4.78 is 11.0. The SMILES string of the molecule is CCCC(C)OCC(=O)NC12CC(NC(=O)COc3ccc(Cl)cc3)(C1)C2. The van der Waals surface area contributed by atoms with Crippen LogP contribution in [0.2, 0.25) is 5.02 Å². The minimum Gasteiger partial charge on any atom is -0.484 e. The summed E-state index contributed by atoms with van der Waals surface area (Å²) in [7, 11) is 0. The lowest BCUT2D eigenvalue weighted by molar-refractivity contribution is -0.153. The molecular formula is C20H27ClN2O4. The monoisotopic (exact) mass is 394 g/mol. The lowest BCUT2D eigenvalue weighted by Crippen LogP contribution is -2.84. The number of rotatable bonds is 10. The maximum atomic E-state index is 12.1. The van der Waals surface area contributed by atoms with Gasteiger partial charge >= 0.3 is 0 Å². The van der Waals surface area contributed by atoms with Crippen molar-refractivity contribution in [1.29, 1.82) is 0 Å². The average Bonchev–Trinajstić information content (AvgIpc) is 2.57. The predicted octanol–water partition coefficient (Wildman–Crippen LogP) is 2.83. The second-order valence-electron chi connectivity index (χ2n) is 7.84. The molecule has 1 atom stereocenters. The van der Waals surface area contributed by atoms with Crippen LogP contribution in [0.4, 0.5) is 0 Å². The van der Waals surface area contributed by atoms with E-state index in [0.29, 0.717) is 10.8 Å². The number of carbonyl (C=O) groups excluding carboxylic acids is 2. The van der Waals surface area contributed by atoms with Crippen molar-refractivity contribution in [1.82, 2.24) is 10.6 Å². The Hall–Kier alpha value is -1.79. The summed E-state index contributed by atoms with van der Waals surface area (Å²) in [6.07, 6.45) is 4.39. The summed E-state index contributed by atoms with van der Waals surface area (Å²) in [6, 6.07) is 6.89. The van der Waals surface area contributed by atoms with Gasteiger partial charge in [0, 0.05) is 16.1 Å². The molecule has 0 radical (unpaired) electrons. The van der Waals surface area contributed by atoms with Gasteiger partial charge in [-0.1, -0.05) is 24.9 Å². The molecule has 148 valence electrons. The number of halogens is 1. The first-order valence-corrected chi connectivity index (χ1v) is 9.83. The molecule has 4 rings (SSSR count). The number of ether oxygens (including phenoxy) is 2. The van der Waals surface area contributed by atoms with Gasteiger partial charge in [0.25, 0.3) is 5.91 Å². The van der Waals surface area contributed by atoms with Crippen molar-refractivity contribution in [3.05, 3.63) is 29.3 Å². The van der Waals surface area contributed by atoms with Crippen molar-refractivity contribution in [2.75, 3.05) is 13.2 Å². The summed E-state index contributed by atoms with van der Waals surface area (Å²) in [5.74, 6) is 0.373. The van der Waals surface area contributed by atoms with E-state index in [-0.39, 0.29) is 42.2 Å². The zero-order valence-corrected chi connectivity index (χ0v) is 16.6. The zero-order valence-electron chi connectivity index (χ0n) is 15.8. The molecule has 3 aliphatic rings. The van der Waals surface area contributed by atoms with E-state index in [2.05, 4.69) is 17.6 Å². The lowest BCUT2D eigenvalue weighted by atomic mass is 9.44. The Balaban J connectivity index is 1.33. The predicted molar refractivity (Wildman–Crippen MR) is 103 cm³/mol. The fourth-order valence-corrected chi connectivity index (χ4v) is 4.23. The third kappa shape index (κ3) is 4.93. The van der Waals surface area contributed by atoms with E-state index < -0.39 is 0 Å². The quantitative estimate of drug-likeness (QED) is 0.639. The van der Waals surface area contributed by atoms with Crippen LogP contribution >= 0.6 is 11.6 Å². The van der Waals surface area contributed by atoms with Gasteiger partial charge in [-0.25, -0.2) is 0 Å². The first kappa shape index (κ1) is 20.0. The van der Waals surface area contributed by atoms with Crippen LogP contribution in [0.5, 0.6) is 5.75 Å². The molecule has 0 aromatic heterocycles. The molecule has 1 aromatic rings. The fraction of sp³-hybridized carbons (Fsp3) is 0.600. The number of benzene rings is 1. The van der Waals surface area contributed by atoms with Crippen molar-refractivity contribution in [2.45, 2.75) is 63.1 Å². The van der Waals surface area contributed by atoms with Crippen LogP contribution in [0, 0.1) is 0 Å². The Morgan fingerprint density at radius 2 is 1.63 bits per heavy atom. The highest BCUT2D eigenvalue weighted by molar-refractivity contribution is 6.30. The third-order valence-electron chi connectivity index (χ3n) is 5.22. The van der Waals surface area contributed by atoms with Crippen molar-refractivity contribution in [3.8, 4) is 5.75 Å². The van der Waals surface area contributed by atoms with Crippen LogP contribution in [0.3, 0.4) is 0 Å². The highest BCUT2D eigenvalue weighted by atomic mass is 35.5. The molecule has 2 N–H and O–H groups in total. The van der Waals surface area contributed by atoms with E-state index in [9.17, 15) is 9.59 Å².